The highest BCUT2D eigenvalue weighted by atomic mass is 28.3. The van der Waals surface area contributed by atoms with Gasteiger partial charge in [0.15, 0.2) is 0 Å². The molecule has 2 unspecified atom stereocenters. The van der Waals surface area contributed by atoms with Gasteiger partial charge in [-0.15, -0.1) is 0 Å². The molecule has 2 saturated heterocycles. The molecule has 2 rings (SSSR count). The number of rotatable bonds is 14. The summed E-state index contributed by atoms with van der Waals surface area (Å²) in [4.78, 5) is 2.49. The van der Waals surface area contributed by atoms with Gasteiger partial charge in [-0.3, -0.25) is 4.90 Å². The molecule has 0 N–H and O–H groups in total. The highest BCUT2D eigenvalue weighted by Gasteiger charge is 2.30. The molecule has 5 nitrogen and oxygen atoms in total. The standard InChI is InChI=1S/C15H31NO4Si/c1-3-7-19-21(20-8-4-2)9-5-6-16(10-14-12-17-14)11-15-13-18-15/h14-15,21H,3-13H2,1-2H3. The highest BCUT2D eigenvalue weighted by molar-refractivity contribution is 6.44. The molecule has 2 atom stereocenters. The van der Waals surface area contributed by atoms with Crippen LogP contribution in [-0.4, -0.2) is 72.5 Å². The van der Waals surface area contributed by atoms with E-state index in [-0.39, 0.29) is 0 Å². The Kier molecular flexibility index (Phi) is 8.20. The Morgan fingerprint density at radius 3 is 1.95 bits per heavy atom. The van der Waals surface area contributed by atoms with Crippen LogP contribution in [0.4, 0.5) is 0 Å². The molecule has 2 heterocycles. The predicted octanol–water partition coefficient (Wildman–Crippen LogP) is 1.55. The first kappa shape index (κ1) is 17.4. The maximum atomic E-state index is 5.91. The van der Waals surface area contributed by atoms with Gasteiger partial charge in [-0.2, -0.15) is 0 Å². The molecule has 2 aliphatic heterocycles. The number of hydrogen-bond acceptors (Lipinski definition) is 5. The minimum Gasteiger partial charge on any atom is -0.397 e. The van der Waals surface area contributed by atoms with E-state index in [1.165, 1.54) is 0 Å². The van der Waals surface area contributed by atoms with Crippen LogP contribution in [0.15, 0.2) is 0 Å². The van der Waals surface area contributed by atoms with Crippen LogP contribution in [0.25, 0.3) is 0 Å². The molecular weight excluding hydrogens is 286 g/mol. The first-order valence-electron chi connectivity index (χ1n) is 8.50. The Morgan fingerprint density at radius 2 is 1.52 bits per heavy atom. The number of epoxide rings is 2. The van der Waals surface area contributed by atoms with Crippen LogP contribution in [0.5, 0.6) is 0 Å². The van der Waals surface area contributed by atoms with Crippen molar-refractivity contribution in [1.82, 2.24) is 4.90 Å². The molecule has 0 radical (unpaired) electrons. The van der Waals surface area contributed by atoms with Gasteiger partial charge >= 0.3 is 9.28 Å². The zero-order valence-electron chi connectivity index (χ0n) is 13.6. The van der Waals surface area contributed by atoms with E-state index >= 15 is 0 Å². The van der Waals surface area contributed by atoms with Gasteiger partial charge < -0.3 is 18.3 Å². The summed E-state index contributed by atoms with van der Waals surface area (Å²) in [6.07, 6.45) is 4.23. The third kappa shape index (κ3) is 8.28. The molecule has 124 valence electrons. The number of ether oxygens (including phenoxy) is 2. The molecule has 0 bridgehead atoms. The summed E-state index contributed by atoms with van der Waals surface area (Å²) < 4.78 is 22.5. The van der Waals surface area contributed by atoms with Crippen LogP contribution in [0.2, 0.25) is 6.04 Å². The van der Waals surface area contributed by atoms with Crippen LogP contribution >= 0.6 is 0 Å². The monoisotopic (exact) mass is 317 g/mol. The Bertz CT molecular complexity index is 252. The first-order chi connectivity index (χ1) is 10.3. The van der Waals surface area contributed by atoms with Gasteiger partial charge in [0.2, 0.25) is 0 Å². The number of nitrogens with zero attached hydrogens (tertiary/aromatic N) is 1. The molecule has 0 aliphatic carbocycles. The molecule has 2 fully saturated rings. The van der Waals surface area contributed by atoms with Crippen LogP contribution in [0.1, 0.15) is 33.1 Å². The van der Waals surface area contributed by atoms with Crippen molar-refractivity contribution in [3.8, 4) is 0 Å². The van der Waals surface area contributed by atoms with Crippen molar-refractivity contribution in [3.63, 3.8) is 0 Å². The Hall–Kier alpha value is 0.0169. The lowest BCUT2D eigenvalue weighted by molar-refractivity contribution is 0.189. The molecule has 0 aromatic heterocycles. The zero-order valence-corrected chi connectivity index (χ0v) is 14.7. The average molecular weight is 318 g/mol. The number of hydrogen-bond donors (Lipinski definition) is 0. The van der Waals surface area contributed by atoms with Crippen LogP contribution in [0.3, 0.4) is 0 Å². The van der Waals surface area contributed by atoms with Crippen molar-refractivity contribution in [2.45, 2.75) is 51.4 Å². The normalized spacial score (nSPS) is 24.0. The summed E-state index contributed by atoms with van der Waals surface area (Å²) in [7, 11) is -1.46. The van der Waals surface area contributed by atoms with Crippen molar-refractivity contribution in [2.24, 2.45) is 0 Å². The molecule has 0 aromatic rings. The second kappa shape index (κ2) is 9.92. The Balaban J connectivity index is 1.61. The van der Waals surface area contributed by atoms with Gasteiger partial charge in [0.25, 0.3) is 0 Å². The molecule has 0 aromatic carbocycles. The lowest BCUT2D eigenvalue weighted by Crippen LogP contribution is -2.33. The van der Waals surface area contributed by atoms with Crippen molar-refractivity contribution in [3.05, 3.63) is 0 Å². The smallest absolute Gasteiger partial charge is 0.321 e. The average Bonchev–Trinajstić information content (AvgIpc) is 3.37. The van der Waals surface area contributed by atoms with Crippen molar-refractivity contribution >= 4 is 9.28 Å². The van der Waals surface area contributed by atoms with E-state index in [0.29, 0.717) is 12.2 Å². The minimum atomic E-state index is -1.46. The van der Waals surface area contributed by atoms with Gasteiger partial charge in [-0.25, -0.2) is 0 Å². The largest absolute Gasteiger partial charge is 0.397 e. The fourth-order valence-corrected chi connectivity index (χ4v) is 4.32. The van der Waals surface area contributed by atoms with Gasteiger partial charge in [0, 0.05) is 26.3 Å². The summed E-state index contributed by atoms with van der Waals surface area (Å²) >= 11 is 0. The summed E-state index contributed by atoms with van der Waals surface area (Å²) in [6, 6.07) is 1.10. The summed E-state index contributed by atoms with van der Waals surface area (Å²) in [5, 5.41) is 0. The maximum absolute atomic E-state index is 5.91. The van der Waals surface area contributed by atoms with Crippen molar-refractivity contribution in [2.75, 3.05) is 46.1 Å². The second-order valence-electron chi connectivity index (χ2n) is 5.98. The maximum Gasteiger partial charge on any atom is 0.321 e. The van der Waals surface area contributed by atoms with E-state index in [4.69, 9.17) is 18.3 Å². The van der Waals surface area contributed by atoms with Crippen molar-refractivity contribution < 1.29 is 18.3 Å². The minimum absolute atomic E-state index is 0.462. The lowest BCUT2D eigenvalue weighted by Gasteiger charge is -2.22. The van der Waals surface area contributed by atoms with E-state index in [2.05, 4.69) is 18.7 Å². The van der Waals surface area contributed by atoms with Crippen LogP contribution in [0, 0.1) is 0 Å². The van der Waals surface area contributed by atoms with E-state index in [1.807, 2.05) is 0 Å². The van der Waals surface area contributed by atoms with Gasteiger partial charge in [-0.05, 0) is 31.9 Å². The molecule has 2 aliphatic rings. The lowest BCUT2D eigenvalue weighted by atomic mass is 10.3. The quantitative estimate of drug-likeness (QED) is 0.359. The third-order valence-corrected chi connectivity index (χ3v) is 5.75. The van der Waals surface area contributed by atoms with E-state index in [0.717, 1.165) is 71.4 Å². The second-order valence-corrected chi connectivity index (χ2v) is 8.09. The summed E-state index contributed by atoms with van der Waals surface area (Å²) in [5.74, 6) is 0. The fourth-order valence-electron chi connectivity index (χ4n) is 2.37. The Labute approximate surface area is 130 Å². The fraction of sp³-hybridized carbons (Fsp3) is 1.00. The molecule has 0 spiro atoms. The Morgan fingerprint density at radius 1 is 1.00 bits per heavy atom. The van der Waals surface area contributed by atoms with Gasteiger partial charge in [-0.1, -0.05) is 13.8 Å². The van der Waals surface area contributed by atoms with Crippen LogP contribution in [-0.2, 0) is 18.3 Å². The van der Waals surface area contributed by atoms with Crippen LogP contribution < -0.4 is 0 Å². The van der Waals surface area contributed by atoms with E-state index in [1.54, 1.807) is 0 Å². The molecular formula is C15H31NO4Si. The molecule has 0 saturated carbocycles. The topological polar surface area (TPSA) is 46.8 Å². The predicted molar refractivity (Wildman–Crippen MR) is 85.0 cm³/mol. The summed E-state index contributed by atoms with van der Waals surface area (Å²) in [5.41, 5.74) is 0. The van der Waals surface area contributed by atoms with E-state index in [9.17, 15) is 0 Å². The highest BCUT2D eigenvalue weighted by Crippen LogP contribution is 2.16. The molecule has 0 amide bonds. The SMILES string of the molecule is CCCO[SiH](CCCN(CC1CO1)CC1CO1)OCCC. The van der Waals surface area contributed by atoms with E-state index < -0.39 is 9.28 Å². The molecule has 21 heavy (non-hydrogen) atoms. The van der Waals surface area contributed by atoms with Gasteiger partial charge in [0.1, 0.15) is 0 Å². The van der Waals surface area contributed by atoms with Crippen molar-refractivity contribution in [1.29, 1.82) is 0 Å². The molecule has 6 heteroatoms. The third-order valence-electron chi connectivity index (χ3n) is 3.66. The summed E-state index contributed by atoms with van der Waals surface area (Å²) in [6.45, 7) is 11.1. The zero-order chi connectivity index (χ0) is 14.9. The first-order valence-corrected chi connectivity index (χ1v) is 10.3. The van der Waals surface area contributed by atoms with Gasteiger partial charge in [0.05, 0.1) is 25.4 Å².